The van der Waals surface area contributed by atoms with Gasteiger partial charge >= 0.3 is 0 Å². The van der Waals surface area contributed by atoms with E-state index in [1.807, 2.05) is 18.2 Å². The molecule has 0 amide bonds. The molecule has 1 fully saturated rings. The van der Waals surface area contributed by atoms with Crippen LogP contribution < -0.4 is 0 Å². The minimum Gasteiger partial charge on any atom is -0.383 e. The molecule has 4 rings (SSSR count). The Morgan fingerprint density at radius 3 is 2.80 bits per heavy atom. The smallest absolute Gasteiger partial charge is 0.115 e. The highest BCUT2D eigenvalue weighted by Crippen LogP contribution is 2.55. The van der Waals surface area contributed by atoms with Crippen molar-refractivity contribution >= 4 is 0 Å². The Morgan fingerprint density at radius 1 is 1.24 bits per heavy atom. The van der Waals surface area contributed by atoms with Crippen LogP contribution in [0.4, 0.5) is 0 Å². The van der Waals surface area contributed by atoms with Gasteiger partial charge in [0, 0.05) is 11.5 Å². The van der Waals surface area contributed by atoms with Gasteiger partial charge in [-0.25, -0.2) is 0 Å². The Hall–Kier alpha value is -2.15. The molecule has 128 valence electrons. The molecule has 25 heavy (non-hydrogen) atoms. The lowest BCUT2D eigenvalue weighted by molar-refractivity contribution is -0.141. The summed E-state index contributed by atoms with van der Waals surface area (Å²) in [5.41, 5.74) is 3.92. The Kier molecular flexibility index (Phi) is 3.54. The number of aryl methyl sites for hydroxylation is 1. The van der Waals surface area contributed by atoms with Crippen LogP contribution in [-0.2, 0) is 17.4 Å². The predicted molar refractivity (Wildman–Crippen MR) is 98.3 cm³/mol. The lowest BCUT2D eigenvalue weighted by atomic mass is 9.53. The van der Waals surface area contributed by atoms with E-state index in [1.165, 1.54) is 16.7 Å². The molecule has 1 unspecified atom stereocenters. The van der Waals surface area contributed by atoms with Gasteiger partial charge in [-0.15, -0.1) is 0 Å². The van der Waals surface area contributed by atoms with Crippen LogP contribution in [0, 0.1) is 18.3 Å². The van der Waals surface area contributed by atoms with Crippen molar-refractivity contribution in [1.29, 1.82) is 5.26 Å². The van der Waals surface area contributed by atoms with E-state index in [9.17, 15) is 10.4 Å². The zero-order valence-electron chi connectivity index (χ0n) is 15.1. The highest BCUT2D eigenvalue weighted by atomic mass is 16.3. The summed E-state index contributed by atoms with van der Waals surface area (Å²) < 4.78 is 0. The summed E-state index contributed by atoms with van der Waals surface area (Å²) in [5, 5.41) is 21.5. The molecule has 0 saturated carbocycles. The molecular formula is C22H24N2O. The van der Waals surface area contributed by atoms with Gasteiger partial charge in [-0.2, -0.15) is 5.26 Å². The van der Waals surface area contributed by atoms with Gasteiger partial charge < -0.3 is 5.11 Å². The number of nitriles is 1. The second-order valence-electron chi connectivity index (χ2n) is 7.90. The predicted octanol–water partition coefficient (Wildman–Crippen LogP) is 3.27. The molecule has 1 aliphatic heterocycles. The van der Waals surface area contributed by atoms with Crippen molar-refractivity contribution in [2.75, 3.05) is 13.6 Å². The second kappa shape index (κ2) is 5.42. The Labute approximate surface area is 149 Å². The second-order valence-corrected chi connectivity index (χ2v) is 7.90. The zero-order valence-corrected chi connectivity index (χ0v) is 15.1. The molecule has 2 bridgehead atoms. The van der Waals surface area contributed by atoms with Crippen LogP contribution in [0.2, 0.25) is 0 Å². The van der Waals surface area contributed by atoms with Crippen molar-refractivity contribution in [2.24, 2.45) is 0 Å². The number of rotatable bonds is 1. The molecular weight excluding hydrogens is 308 g/mol. The molecule has 2 aromatic rings. The molecule has 0 radical (unpaired) electrons. The summed E-state index contributed by atoms with van der Waals surface area (Å²) in [6, 6.07) is 16.4. The molecule has 3 heteroatoms. The van der Waals surface area contributed by atoms with Crippen molar-refractivity contribution in [1.82, 2.24) is 4.90 Å². The fourth-order valence-corrected chi connectivity index (χ4v) is 5.00. The largest absolute Gasteiger partial charge is 0.383 e. The topological polar surface area (TPSA) is 47.3 Å². The van der Waals surface area contributed by atoms with Gasteiger partial charge in [-0.3, -0.25) is 4.90 Å². The first-order valence-corrected chi connectivity index (χ1v) is 8.93. The molecule has 1 saturated heterocycles. The van der Waals surface area contributed by atoms with E-state index in [4.69, 9.17) is 0 Å². The quantitative estimate of drug-likeness (QED) is 0.872. The number of nitrogens with zero attached hydrogens (tertiary/aromatic N) is 2. The minimum atomic E-state index is -1.01. The molecule has 1 heterocycles. The maximum atomic E-state index is 12.2. The average molecular weight is 332 g/mol. The number of likely N-dealkylation sites (tertiary alicyclic amines) is 1. The molecule has 1 aliphatic carbocycles. The number of likely N-dealkylation sites (N-methyl/N-ethyl adjacent to an activating group) is 1. The van der Waals surface area contributed by atoms with Crippen LogP contribution in [0.15, 0.2) is 42.5 Å². The van der Waals surface area contributed by atoms with Crippen molar-refractivity contribution < 1.29 is 5.11 Å². The number of piperidine rings is 1. The first-order valence-electron chi connectivity index (χ1n) is 8.93. The molecule has 2 aliphatic rings. The maximum Gasteiger partial charge on any atom is 0.115 e. The standard InChI is InChI=1S/C22H24N2O/c1-15-7-8-17-13-20-22(25,18-6-4-5-16(12-18)14-23)21(2,19(17)11-15)9-10-24(20)3/h4-8,11-12,20,25H,9-10,13H2,1-3H3/t20-,21-,22?/m1/s1. The maximum absolute atomic E-state index is 12.2. The third-order valence-corrected chi connectivity index (χ3v) is 6.52. The van der Waals surface area contributed by atoms with E-state index >= 15 is 0 Å². The van der Waals surface area contributed by atoms with Gasteiger partial charge in [0.15, 0.2) is 0 Å². The van der Waals surface area contributed by atoms with E-state index in [0.717, 1.165) is 24.9 Å². The molecule has 3 atom stereocenters. The van der Waals surface area contributed by atoms with Gasteiger partial charge in [0.25, 0.3) is 0 Å². The molecule has 0 aromatic heterocycles. The van der Waals surface area contributed by atoms with Crippen LogP contribution in [-0.4, -0.2) is 29.6 Å². The van der Waals surface area contributed by atoms with Crippen molar-refractivity contribution in [3.05, 3.63) is 70.3 Å². The SMILES string of the molecule is Cc1ccc2c(c1)[C@@]1(C)CCN(C)[C@H](C2)C1(O)c1cccc(C#N)c1. The minimum absolute atomic E-state index is 0.00963. The van der Waals surface area contributed by atoms with Crippen LogP contribution in [0.1, 0.15) is 41.2 Å². The van der Waals surface area contributed by atoms with Crippen molar-refractivity contribution in [2.45, 2.75) is 43.7 Å². The van der Waals surface area contributed by atoms with Crippen LogP contribution in [0.5, 0.6) is 0 Å². The molecule has 0 spiro atoms. The fourth-order valence-electron chi connectivity index (χ4n) is 5.00. The van der Waals surface area contributed by atoms with Crippen LogP contribution in [0.3, 0.4) is 0 Å². The van der Waals surface area contributed by atoms with E-state index < -0.39 is 5.60 Å². The number of hydrogen-bond acceptors (Lipinski definition) is 3. The van der Waals surface area contributed by atoms with Gasteiger partial charge in [0.1, 0.15) is 5.60 Å². The van der Waals surface area contributed by atoms with Crippen LogP contribution >= 0.6 is 0 Å². The van der Waals surface area contributed by atoms with Crippen molar-refractivity contribution in [3.8, 4) is 6.07 Å². The lowest BCUT2D eigenvalue weighted by Gasteiger charge is -2.60. The molecule has 1 N–H and O–H groups in total. The lowest BCUT2D eigenvalue weighted by Crippen LogP contribution is -2.67. The average Bonchev–Trinajstić information content (AvgIpc) is 2.62. The Bertz CT molecular complexity index is 884. The summed E-state index contributed by atoms with van der Waals surface area (Å²) in [6.07, 6.45) is 1.72. The first kappa shape index (κ1) is 16.3. The van der Waals surface area contributed by atoms with E-state index in [-0.39, 0.29) is 11.5 Å². The van der Waals surface area contributed by atoms with Gasteiger partial charge in [0.2, 0.25) is 0 Å². The highest BCUT2D eigenvalue weighted by molar-refractivity contribution is 5.50. The summed E-state index contributed by atoms with van der Waals surface area (Å²) >= 11 is 0. The molecule has 2 aromatic carbocycles. The zero-order chi connectivity index (χ0) is 17.8. The van der Waals surface area contributed by atoms with Gasteiger partial charge in [0.05, 0.1) is 11.6 Å². The number of fused-ring (bicyclic) bond motifs is 4. The fraction of sp³-hybridized carbons (Fsp3) is 0.409. The molecule has 3 nitrogen and oxygen atoms in total. The van der Waals surface area contributed by atoms with E-state index in [2.05, 4.69) is 50.1 Å². The highest BCUT2D eigenvalue weighted by Gasteiger charge is 2.60. The summed E-state index contributed by atoms with van der Waals surface area (Å²) in [7, 11) is 2.10. The number of aliphatic hydroxyl groups is 1. The third-order valence-electron chi connectivity index (χ3n) is 6.52. The summed E-state index contributed by atoms with van der Waals surface area (Å²) in [5.74, 6) is 0. The number of hydrogen-bond donors (Lipinski definition) is 1. The third kappa shape index (κ3) is 2.11. The van der Waals surface area contributed by atoms with Crippen LogP contribution in [0.25, 0.3) is 0 Å². The van der Waals surface area contributed by atoms with Crippen molar-refractivity contribution in [3.63, 3.8) is 0 Å². The van der Waals surface area contributed by atoms with Gasteiger partial charge in [-0.1, -0.05) is 42.8 Å². The monoisotopic (exact) mass is 332 g/mol. The Morgan fingerprint density at radius 2 is 2.04 bits per heavy atom. The first-order chi connectivity index (χ1) is 11.9. The summed E-state index contributed by atoms with van der Waals surface area (Å²) in [6.45, 7) is 5.28. The van der Waals surface area contributed by atoms with E-state index in [0.29, 0.717) is 5.56 Å². The number of benzene rings is 2. The summed E-state index contributed by atoms with van der Waals surface area (Å²) in [4.78, 5) is 2.28. The Balaban J connectivity index is 1.99. The van der Waals surface area contributed by atoms with E-state index in [1.54, 1.807) is 6.07 Å². The normalized spacial score (nSPS) is 31.2. The van der Waals surface area contributed by atoms with Gasteiger partial charge in [-0.05, 0) is 62.2 Å².